The number of aliphatic hydroxyl groups is 1. The van der Waals surface area contributed by atoms with E-state index in [0.717, 1.165) is 59.3 Å². The molecule has 322 valence electrons. The van der Waals surface area contributed by atoms with Gasteiger partial charge in [-0.05, 0) is 123 Å². The van der Waals surface area contributed by atoms with Gasteiger partial charge in [0.25, 0.3) is 0 Å². The maximum Gasteiger partial charge on any atom is 0.416 e. The zero-order valence-electron chi connectivity index (χ0n) is 32.8. The van der Waals surface area contributed by atoms with E-state index in [1.54, 1.807) is 49.1 Å². The molecular formula is C47H48Br2Cl2N8O3. The Morgan fingerprint density at radius 1 is 0.758 bits per heavy atom. The first-order valence-corrected chi connectivity index (χ1v) is 21.2. The van der Waals surface area contributed by atoms with E-state index >= 15 is 0 Å². The predicted molar refractivity (Wildman–Crippen MR) is 259 cm³/mol. The lowest BCUT2D eigenvalue weighted by atomic mass is 10.0. The van der Waals surface area contributed by atoms with E-state index in [4.69, 9.17) is 27.9 Å². The molecule has 4 N–H and O–H groups in total. The molecule has 0 saturated heterocycles. The molecule has 0 aliphatic heterocycles. The third-order valence-corrected chi connectivity index (χ3v) is 10.6. The molecule has 1 atom stereocenters. The minimum atomic E-state index is -0.919. The Bertz CT molecular complexity index is 2700. The number of halogens is 4. The van der Waals surface area contributed by atoms with E-state index in [9.17, 15) is 9.90 Å². The molecule has 15 heteroatoms. The number of rotatable bonds is 10. The van der Waals surface area contributed by atoms with E-state index in [1.165, 1.54) is 10.5 Å². The van der Waals surface area contributed by atoms with Crippen LogP contribution in [0.4, 0.5) is 16.4 Å². The van der Waals surface area contributed by atoms with Gasteiger partial charge in [0.05, 0.1) is 6.54 Å². The molecule has 8 rings (SSSR count). The summed E-state index contributed by atoms with van der Waals surface area (Å²) in [7, 11) is 0. The van der Waals surface area contributed by atoms with Gasteiger partial charge in [-0.25, -0.2) is 24.7 Å². The lowest BCUT2D eigenvalue weighted by Crippen LogP contribution is -2.37. The molecule has 0 bridgehead atoms. The highest BCUT2D eigenvalue weighted by Crippen LogP contribution is 2.31. The molecule has 8 aromatic rings. The van der Waals surface area contributed by atoms with Crippen molar-refractivity contribution in [1.29, 1.82) is 0 Å². The van der Waals surface area contributed by atoms with Crippen molar-refractivity contribution in [1.82, 2.24) is 29.9 Å². The monoisotopic (exact) mass is 1000 g/mol. The maximum absolute atomic E-state index is 13.0. The van der Waals surface area contributed by atoms with Gasteiger partial charge in [-0.1, -0.05) is 74.5 Å². The first-order valence-electron chi connectivity index (χ1n) is 18.8. The third-order valence-electron chi connectivity index (χ3n) is 9.24. The summed E-state index contributed by atoms with van der Waals surface area (Å²) in [6, 6.07) is 26.6. The zero-order valence-corrected chi connectivity index (χ0v) is 37.4. The van der Waals surface area contributed by atoms with Crippen LogP contribution in [-0.4, -0.2) is 46.7 Å². The number of carbonyl (C=O) groups excluding carboxylic acids is 1. The predicted octanol–water partition coefficient (Wildman–Crippen LogP) is 13.2. The number of carbonyl (C=O) groups is 1. The number of pyridine rings is 4. The summed E-state index contributed by atoms with van der Waals surface area (Å²) in [5.41, 5.74) is 6.58. The smallest absolute Gasteiger partial charge is 0.416 e. The lowest BCUT2D eigenvalue weighted by Gasteiger charge is -2.27. The van der Waals surface area contributed by atoms with E-state index in [1.807, 2.05) is 81.7 Å². The highest BCUT2D eigenvalue weighted by atomic mass is 79.9. The summed E-state index contributed by atoms with van der Waals surface area (Å²) in [6.07, 6.45) is 10.1. The number of benzene rings is 2. The number of nitrogens with zero attached hydrogens (tertiary/aromatic N) is 5. The number of aromatic amines is 2. The van der Waals surface area contributed by atoms with Crippen LogP contribution in [0.1, 0.15) is 75.1 Å². The van der Waals surface area contributed by atoms with Crippen LogP contribution in [0.15, 0.2) is 131 Å². The van der Waals surface area contributed by atoms with Gasteiger partial charge >= 0.3 is 6.09 Å². The summed E-state index contributed by atoms with van der Waals surface area (Å²) in [6.45, 7) is 6.40. The highest BCUT2D eigenvalue weighted by Gasteiger charge is 2.25. The van der Waals surface area contributed by atoms with Crippen molar-refractivity contribution in [2.45, 2.75) is 66.8 Å². The molecule has 0 radical (unpaired) electrons. The molecular weight excluding hydrogens is 955 g/mol. The second-order valence-electron chi connectivity index (χ2n) is 14.9. The zero-order chi connectivity index (χ0) is 42.4. The molecule has 1 amide bonds. The molecule has 0 spiro atoms. The molecule has 6 aromatic heterocycles. The number of amides is 1. The average molecular weight is 1000 g/mol. The van der Waals surface area contributed by atoms with Crippen LogP contribution in [0.3, 0.4) is 0 Å². The normalized spacial score (nSPS) is 11.5. The average Bonchev–Trinajstić information content (AvgIpc) is 3.83. The van der Waals surface area contributed by atoms with Crippen LogP contribution in [0.25, 0.3) is 22.1 Å². The van der Waals surface area contributed by atoms with E-state index in [0.29, 0.717) is 34.2 Å². The molecule has 1 unspecified atom stereocenters. The quantitative estimate of drug-likeness (QED) is 0.106. The molecule has 0 saturated carbocycles. The van der Waals surface area contributed by atoms with Crippen molar-refractivity contribution in [2.75, 3.05) is 10.2 Å². The van der Waals surface area contributed by atoms with Crippen LogP contribution >= 0.6 is 55.1 Å². The lowest BCUT2D eigenvalue weighted by molar-refractivity contribution is 0.0576. The summed E-state index contributed by atoms with van der Waals surface area (Å²) in [5, 5.41) is 17.6. The fourth-order valence-corrected chi connectivity index (χ4v) is 7.19. The fraction of sp³-hybridized carbons (Fsp3) is 0.213. The number of H-pyrrole nitrogens is 2. The van der Waals surface area contributed by atoms with Gasteiger partial charge in [0.2, 0.25) is 0 Å². The van der Waals surface area contributed by atoms with Crippen molar-refractivity contribution in [3.63, 3.8) is 0 Å². The number of aliphatic hydroxyl groups excluding tert-OH is 1. The molecule has 0 fully saturated rings. The Morgan fingerprint density at radius 3 is 1.95 bits per heavy atom. The molecule has 2 aromatic carbocycles. The van der Waals surface area contributed by atoms with E-state index < -0.39 is 17.8 Å². The highest BCUT2D eigenvalue weighted by molar-refractivity contribution is 9.10. The van der Waals surface area contributed by atoms with Gasteiger partial charge in [-0.2, -0.15) is 0 Å². The van der Waals surface area contributed by atoms with Gasteiger partial charge in [0.1, 0.15) is 34.6 Å². The van der Waals surface area contributed by atoms with Crippen molar-refractivity contribution in [3.8, 4) is 0 Å². The minimum absolute atomic E-state index is 0. The molecule has 11 nitrogen and oxygen atoms in total. The van der Waals surface area contributed by atoms with E-state index in [-0.39, 0.29) is 21.4 Å². The van der Waals surface area contributed by atoms with Crippen molar-refractivity contribution in [3.05, 3.63) is 174 Å². The largest absolute Gasteiger partial charge is 0.443 e. The topological polar surface area (TPSA) is 145 Å². The van der Waals surface area contributed by atoms with Gasteiger partial charge in [-0.15, -0.1) is 0 Å². The van der Waals surface area contributed by atoms with Crippen LogP contribution in [0, 0.1) is 0 Å². The first-order chi connectivity index (χ1) is 28.8. The van der Waals surface area contributed by atoms with Crippen LogP contribution in [-0.2, 0) is 24.2 Å². The van der Waals surface area contributed by atoms with Crippen LogP contribution in [0.5, 0.6) is 0 Å². The van der Waals surface area contributed by atoms with Crippen molar-refractivity contribution in [2.24, 2.45) is 0 Å². The molecule has 0 aliphatic carbocycles. The number of nitrogens with one attached hydrogen (secondary N) is 3. The number of anilines is 2. The van der Waals surface area contributed by atoms with Gasteiger partial charge in [0, 0.05) is 91.0 Å². The number of hydrogen-bond donors (Lipinski definition) is 4. The van der Waals surface area contributed by atoms with Crippen LogP contribution < -0.4 is 10.2 Å². The third kappa shape index (κ3) is 12.4. The SMILES string of the molecule is C.C.CC(C)(C)OC(=O)N(Cc1ccc(Cl)cc1)c1ccc(C(O)c2c[nH]c3ncc(Br)cc23)cn1.Clc1ccc(CNc2ccc(Cc3c[nH]c4ncc(Br)cc34)cn2)cc1. The Labute approximate surface area is 388 Å². The van der Waals surface area contributed by atoms with Crippen molar-refractivity contribution >= 4 is 94.9 Å². The summed E-state index contributed by atoms with van der Waals surface area (Å²) in [4.78, 5) is 38.4. The number of hydrogen-bond acceptors (Lipinski definition) is 8. The molecule has 0 aliphatic rings. The second-order valence-corrected chi connectivity index (χ2v) is 17.6. The summed E-state index contributed by atoms with van der Waals surface area (Å²) < 4.78 is 7.40. The van der Waals surface area contributed by atoms with Crippen LogP contribution in [0.2, 0.25) is 10.0 Å². The van der Waals surface area contributed by atoms with Gasteiger partial charge in [-0.3, -0.25) is 4.90 Å². The number of aromatic nitrogens is 6. The van der Waals surface area contributed by atoms with Gasteiger partial charge in [0.15, 0.2) is 0 Å². The Kier molecular flexibility index (Phi) is 16.3. The number of fused-ring (bicyclic) bond motifs is 2. The van der Waals surface area contributed by atoms with Crippen molar-refractivity contribution < 1.29 is 14.6 Å². The molecule has 62 heavy (non-hydrogen) atoms. The minimum Gasteiger partial charge on any atom is -0.443 e. The summed E-state index contributed by atoms with van der Waals surface area (Å²) in [5.74, 6) is 1.26. The maximum atomic E-state index is 13.0. The second kappa shape index (κ2) is 21.2. The molecule has 6 heterocycles. The van der Waals surface area contributed by atoms with Gasteiger partial charge < -0.3 is 25.1 Å². The fourth-order valence-electron chi connectivity index (χ4n) is 6.28. The summed E-state index contributed by atoms with van der Waals surface area (Å²) >= 11 is 18.8. The Hall–Kier alpha value is -5.31. The Balaban J connectivity index is 0.000000234. The standard InChI is InChI=1S/C25H24BrClN4O3.C20H16BrClN4.2CH4/c1-25(2,3)34-24(33)31(14-15-4-7-18(27)8-5-15)21-9-6-16(11-28-21)22(32)20-13-30-23-19(20)10-17(26)12-29-23;21-16-8-18-15(11-25-20(18)26-12-16)7-14-3-6-19(24-10-14)23-9-13-1-4-17(22)5-2-13;;/h4-13,22,32H,14H2,1-3H3,(H,29,30);1-6,8,10-12H,7,9H2,(H,23,24)(H,25,26);2*1H4. The first kappa shape index (κ1) is 47.7. The van der Waals surface area contributed by atoms with E-state index in [2.05, 4.69) is 79.2 Å². The number of ether oxygens (including phenoxy) is 1. The Morgan fingerprint density at radius 2 is 1.35 bits per heavy atom.